The molecule has 1 aromatic heterocycles. The van der Waals surface area contributed by atoms with Crippen LogP contribution in [0.2, 0.25) is 0 Å². The summed E-state index contributed by atoms with van der Waals surface area (Å²) in [5.74, 6) is 0. The van der Waals surface area contributed by atoms with Crippen molar-refractivity contribution in [3.8, 4) is 6.07 Å². The van der Waals surface area contributed by atoms with Crippen molar-refractivity contribution in [2.45, 2.75) is 6.18 Å². The average Bonchev–Trinajstić information content (AvgIpc) is 2.15. The second-order valence-corrected chi connectivity index (χ2v) is 2.84. The number of rotatable bonds is 1. The Bertz CT molecular complexity index is 450. The van der Waals surface area contributed by atoms with Crippen molar-refractivity contribution >= 4 is 16.8 Å². The molecule has 0 N–H and O–H groups in total. The molecule has 0 bridgehead atoms. The zero-order chi connectivity index (χ0) is 11.6. The van der Waals surface area contributed by atoms with Gasteiger partial charge in [-0.05, 0) is 11.6 Å². The third-order valence-electron chi connectivity index (χ3n) is 1.57. The van der Waals surface area contributed by atoms with E-state index in [0.29, 0.717) is 6.20 Å². The Balaban J connectivity index is 3.51. The smallest absolute Gasteiger partial charge is 0.275 e. The van der Waals surface area contributed by atoms with Gasteiger partial charge in [-0.15, -0.1) is 0 Å². The molecular formula is C8H2ClF3N2O. The van der Waals surface area contributed by atoms with Crippen molar-refractivity contribution in [1.82, 2.24) is 4.98 Å². The van der Waals surface area contributed by atoms with E-state index < -0.39 is 28.1 Å². The number of carbonyl (C=O) groups excluding carboxylic acids is 1. The summed E-state index contributed by atoms with van der Waals surface area (Å²) >= 11 is 5.01. The van der Waals surface area contributed by atoms with Gasteiger partial charge in [-0.1, -0.05) is 0 Å². The summed E-state index contributed by atoms with van der Waals surface area (Å²) < 4.78 is 37.0. The fourth-order valence-electron chi connectivity index (χ4n) is 0.945. The first-order chi connectivity index (χ1) is 6.88. The fourth-order valence-corrected chi connectivity index (χ4v) is 1.09. The lowest BCUT2D eigenvalue weighted by atomic mass is 10.1. The number of pyridine rings is 1. The molecule has 3 nitrogen and oxygen atoms in total. The first-order valence-corrected chi connectivity index (χ1v) is 3.91. The van der Waals surface area contributed by atoms with Gasteiger partial charge < -0.3 is 0 Å². The van der Waals surface area contributed by atoms with Gasteiger partial charge in [-0.3, -0.25) is 9.78 Å². The summed E-state index contributed by atoms with van der Waals surface area (Å²) in [6.07, 6.45) is -3.44. The summed E-state index contributed by atoms with van der Waals surface area (Å²) in [6.45, 7) is 0. The van der Waals surface area contributed by atoms with Crippen LogP contribution in [-0.4, -0.2) is 10.2 Å². The number of hydrogen-bond acceptors (Lipinski definition) is 3. The normalized spacial score (nSPS) is 10.9. The third kappa shape index (κ3) is 2.25. The van der Waals surface area contributed by atoms with Crippen LogP contribution in [0, 0.1) is 11.3 Å². The lowest BCUT2D eigenvalue weighted by Gasteiger charge is -2.08. The van der Waals surface area contributed by atoms with E-state index in [0.717, 1.165) is 6.20 Å². The standard InChI is InChI=1S/C8H2ClF3N2O/c9-7(15)5-2-14-3-6(4(5)1-13)8(10,11)12/h2-3H. The molecular weight excluding hydrogens is 233 g/mol. The molecule has 78 valence electrons. The highest BCUT2D eigenvalue weighted by atomic mass is 35.5. The van der Waals surface area contributed by atoms with Gasteiger partial charge in [0.25, 0.3) is 5.24 Å². The first-order valence-electron chi connectivity index (χ1n) is 3.53. The predicted molar refractivity (Wildman–Crippen MR) is 44.1 cm³/mol. The number of aromatic nitrogens is 1. The lowest BCUT2D eigenvalue weighted by molar-refractivity contribution is -0.138. The molecule has 1 heterocycles. The number of hydrogen-bond donors (Lipinski definition) is 0. The molecule has 0 unspecified atom stereocenters. The molecule has 0 atom stereocenters. The molecule has 0 aromatic carbocycles. The van der Waals surface area contributed by atoms with E-state index in [-0.39, 0.29) is 0 Å². The minimum atomic E-state index is -4.74. The van der Waals surface area contributed by atoms with Crippen molar-refractivity contribution in [1.29, 1.82) is 5.26 Å². The Morgan fingerprint density at radius 2 is 2.07 bits per heavy atom. The van der Waals surface area contributed by atoms with Gasteiger partial charge in [-0.2, -0.15) is 18.4 Å². The molecule has 0 aliphatic carbocycles. The maximum absolute atomic E-state index is 12.3. The van der Waals surface area contributed by atoms with Gasteiger partial charge in [0, 0.05) is 12.4 Å². The monoisotopic (exact) mass is 234 g/mol. The van der Waals surface area contributed by atoms with E-state index in [1.165, 1.54) is 6.07 Å². The van der Waals surface area contributed by atoms with Gasteiger partial charge in [0.15, 0.2) is 0 Å². The quantitative estimate of drug-likeness (QED) is 0.701. The largest absolute Gasteiger partial charge is 0.419 e. The number of nitrogens with zero attached hydrogens (tertiary/aromatic N) is 2. The lowest BCUT2D eigenvalue weighted by Crippen LogP contribution is -2.11. The number of carbonyl (C=O) groups is 1. The fraction of sp³-hybridized carbons (Fsp3) is 0.125. The van der Waals surface area contributed by atoms with Crippen LogP contribution < -0.4 is 0 Å². The molecule has 7 heteroatoms. The zero-order valence-corrected chi connectivity index (χ0v) is 7.73. The first kappa shape index (κ1) is 11.5. The molecule has 0 amide bonds. The molecule has 0 fully saturated rings. The third-order valence-corrected chi connectivity index (χ3v) is 1.78. The maximum Gasteiger partial charge on any atom is 0.419 e. The summed E-state index contributed by atoms with van der Waals surface area (Å²) in [5, 5.41) is 7.37. The molecule has 0 aliphatic heterocycles. The highest BCUT2D eigenvalue weighted by Crippen LogP contribution is 2.32. The Morgan fingerprint density at radius 3 is 2.47 bits per heavy atom. The SMILES string of the molecule is N#Cc1c(C(=O)Cl)cncc1C(F)(F)F. The number of halogens is 4. The minimum absolute atomic E-state index is 0.474. The maximum atomic E-state index is 12.3. The van der Waals surface area contributed by atoms with Crippen LogP contribution in [-0.2, 0) is 6.18 Å². The van der Waals surface area contributed by atoms with Crippen LogP contribution in [0.3, 0.4) is 0 Å². The van der Waals surface area contributed by atoms with E-state index in [1.807, 2.05) is 0 Å². The predicted octanol–water partition coefficient (Wildman–Crippen LogP) is 2.35. The summed E-state index contributed by atoms with van der Waals surface area (Å²) in [5.41, 5.74) is -2.62. The Morgan fingerprint density at radius 1 is 1.47 bits per heavy atom. The van der Waals surface area contributed by atoms with Crippen molar-refractivity contribution in [3.05, 3.63) is 29.1 Å². The van der Waals surface area contributed by atoms with E-state index in [1.54, 1.807) is 0 Å². The Hall–Kier alpha value is -1.61. The van der Waals surface area contributed by atoms with Crippen LogP contribution in [0.25, 0.3) is 0 Å². The summed E-state index contributed by atoms with van der Waals surface area (Å²) in [4.78, 5) is 13.9. The van der Waals surface area contributed by atoms with E-state index in [9.17, 15) is 18.0 Å². The number of nitriles is 1. The molecule has 1 aromatic rings. The second-order valence-electron chi connectivity index (χ2n) is 2.49. The number of alkyl halides is 3. The summed E-state index contributed by atoms with van der Waals surface area (Å²) in [6, 6.07) is 1.29. The molecule has 0 radical (unpaired) electrons. The highest BCUT2D eigenvalue weighted by Gasteiger charge is 2.35. The Kier molecular flexibility index (Phi) is 2.95. The van der Waals surface area contributed by atoms with Crippen molar-refractivity contribution in [3.63, 3.8) is 0 Å². The second kappa shape index (κ2) is 3.87. The topological polar surface area (TPSA) is 53.8 Å². The van der Waals surface area contributed by atoms with Crippen LogP contribution in [0.15, 0.2) is 12.4 Å². The van der Waals surface area contributed by atoms with Gasteiger partial charge >= 0.3 is 6.18 Å². The van der Waals surface area contributed by atoms with Crippen molar-refractivity contribution < 1.29 is 18.0 Å². The van der Waals surface area contributed by atoms with E-state index >= 15 is 0 Å². The van der Waals surface area contributed by atoms with Gasteiger partial charge in [0.1, 0.15) is 6.07 Å². The van der Waals surface area contributed by atoms with E-state index in [4.69, 9.17) is 16.9 Å². The van der Waals surface area contributed by atoms with Crippen LogP contribution >= 0.6 is 11.6 Å². The van der Waals surface area contributed by atoms with Crippen molar-refractivity contribution in [2.75, 3.05) is 0 Å². The van der Waals surface area contributed by atoms with Crippen LogP contribution in [0.5, 0.6) is 0 Å². The Labute approximate surface area is 87.1 Å². The molecule has 0 spiro atoms. The van der Waals surface area contributed by atoms with Crippen molar-refractivity contribution in [2.24, 2.45) is 0 Å². The molecule has 15 heavy (non-hydrogen) atoms. The molecule has 0 aliphatic rings. The van der Waals surface area contributed by atoms with Gasteiger partial charge in [-0.25, -0.2) is 0 Å². The molecule has 0 saturated carbocycles. The summed E-state index contributed by atoms with van der Waals surface area (Å²) in [7, 11) is 0. The highest BCUT2D eigenvalue weighted by molar-refractivity contribution is 6.68. The molecule has 1 rings (SSSR count). The van der Waals surface area contributed by atoms with Gasteiger partial charge in [0.2, 0.25) is 0 Å². The van der Waals surface area contributed by atoms with Gasteiger partial charge in [0.05, 0.1) is 16.7 Å². The minimum Gasteiger partial charge on any atom is -0.275 e. The van der Waals surface area contributed by atoms with Crippen LogP contribution in [0.1, 0.15) is 21.5 Å². The molecule has 0 saturated heterocycles. The zero-order valence-electron chi connectivity index (χ0n) is 6.97. The van der Waals surface area contributed by atoms with Crippen LogP contribution in [0.4, 0.5) is 13.2 Å². The average molecular weight is 235 g/mol. The van der Waals surface area contributed by atoms with E-state index in [2.05, 4.69) is 4.98 Å².